The first-order valence-electron chi connectivity index (χ1n) is 4.76. The highest BCUT2D eigenvalue weighted by atomic mass is 16.5. The average molecular weight is 169 g/mol. The van der Waals surface area contributed by atoms with Crippen molar-refractivity contribution in [3.05, 3.63) is 12.7 Å². The van der Waals surface area contributed by atoms with E-state index < -0.39 is 0 Å². The van der Waals surface area contributed by atoms with Crippen molar-refractivity contribution >= 4 is 0 Å². The molecule has 0 bridgehead atoms. The van der Waals surface area contributed by atoms with Crippen molar-refractivity contribution in [3.63, 3.8) is 0 Å². The molecule has 0 aromatic carbocycles. The van der Waals surface area contributed by atoms with Gasteiger partial charge in [-0.3, -0.25) is 0 Å². The molecule has 1 rings (SSSR count). The second-order valence-corrected chi connectivity index (χ2v) is 3.53. The van der Waals surface area contributed by atoms with E-state index in [1.54, 1.807) is 0 Å². The molecule has 0 radical (unpaired) electrons. The van der Waals surface area contributed by atoms with Crippen molar-refractivity contribution in [1.82, 2.24) is 5.32 Å². The molecule has 12 heavy (non-hydrogen) atoms. The first kappa shape index (κ1) is 9.75. The van der Waals surface area contributed by atoms with Gasteiger partial charge in [0.05, 0.1) is 6.10 Å². The van der Waals surface area contributed by atoms with Crippen LogP contribution in [-0.2, 0) is 4.74 Å². The van der Waals surface area contributed by atoms with Crippen LogP contribution in [0.1, 0.15) is 19.8 Å². The topological polar surface area (TPSA) is 21.3 Å². The standard InChI is InChI=1S/C10H19NO/c1-3-6-11-7-9(2)12-8-10-4-5-10/h3,9-11H,1,4-8H2,2H3. The third kappa shape index (κ3) is 4.52. The van der Waals surface area contributed by atoms with Crippen molar-refractivity contribution in [1.29, 1.82) is 0 Å². The van der Waals surface area contributed by atoms with Gasteiger partial charge in [-0.1, -0.05) is 6.08 Å². The van der Waals surface area contributed by atoms with Crippen LogP contribution in [0.4, 0.5) is 0 Å². The van der Waals surface area contributed by atoms with Crippen molar-refractivity contribution in [2.24, 2.45) is 5.92 Å². The van der Waals surface area contributed by atoms with Crippen LogP contribution in [0.5, 0.6) is 0 Å². The molecule has 0 heterocycles. The first-order chi connectivity index (χ1) is 5.83. The molecule has 1 fully saturated rings. The number of nitrogens with one attached hydrogen (secondary N) is 1. The summed E-state index contributed by atoms with van der Waals surface area (Å²) in [6, 6.07) is 0. The van der Waals surface area contributed by atoms with Crippen molar-refractivity contribution in [2.45, 2.75) is 25.9 Å². The van der Waals surface area contributed by atoms with Gasteiger partial charge >= 0.3 is 0 Å². The molecule has 0 aromatic heterocycles. The minimum atomic E-state index is 0.338. The fraction of sp³-hybridized carbons (Fsp3) is 0.800. The summed E-state index contributed by atoms with van der Waals surface area (Å²) >= 11 is 0. The summed E-state index contributed by atoms with van der Waals surface area (Å²) in [4.78, 5) is 0. The second kappa shape index (κ2) is 5.33. The summed E-state index contributed by atoms with van der Waals surface area (Å²) in [5, 5.41) is 3.24. The van der Waals surface area contributed by atoms with Crippen LogP contribution >= 0.6 is 0 Å². The van der Waals surface area contributed by atoms with E-state index in [1.165, 1.54) is 12.8 Å². The van der Waals surface area contributed by atoms with Crippen LogP contribution in [0.3, 0.4) is 0 Å². The Morgan fingerprint density at radius 2 is 2.42 bits per heavy atom. The van der Waals surface area contributed by atoms with E-state index in [2.05, 4.69) is 18.8 Å². The fourth-order valence-electron chi connectivity index (χ4n) is 1.03. The van der Waals surface area contributed by atoms with Gasteiger partial charge in [0.25, 0.3) is 0 Å². The zero-order valence-electron chi connectivity index (χ0n) is 7.88. The molecule has 0 spiro atoms. The van der Waals surface area contributed by atoms with Gasteiger partial charge in [-0.25, -0.2) is 0 Å². The molecule has 1 saturated carbocycles. The van der Waals surface area contributed by atoms with Crippen molar-refractivity contribution in [2.75, 3.05) is 19.7 Å². The molecule has 1 unspecified atom stereocenters. The van der Waals surface area contributed by atoms with E-state index in [4.69, 9.17) is 4.74 Å². The third-order valence-electron chi connectivity index (χ3n) is 2.03. The summed E-state index contributed by atoms with van der Waals surface area (Å²) in [6.45, 7) is 8.50. The van der Waals surface area contributed by atoms with Crippen molar-refractivity contribution in [3.8, 4) is 0 Å². The largest absolute Gasteiger partial charge is 0.377 e. The van der Waals surface area contributed by atoms with Crippen LogP contribution in [0, 0.1) is 5.92 Å². The summed E-state index contributed by atoms with van der Waals surface area (Å²) in [5.41, 5.74) is 0. The fourth-order valence-corrected chi connectivity index (χ4v) is 1.03. The lowest BCUT2D eigenvalue weighted by atomic mass is 10.4. The lowest BCUT2D eigenvalue weighted by Crippen LogP contribution is -2.27. The predicted molar refractivity (Wildman–Crippen MR) is 51.2 cm³/mol. The molecule has 0 amide bonds. The Kier molecular flexibility index (Phi) is 4.33. The average Bonchev–Trinajstić information content (AvgIpc) is 2.84. The van der Waals surface area contributed by atoms with Gasteiger partial charge in [0.15, 0.2) is 0 Å². The van der Waals surface area contributed by atoms with E-state index in [0.29, 0.717) is 6.10 Å². The van der Waals surface area contributed by atoms with Crippen LogP contribution in [0.25, 0.3) is 0 Å². The van der Waals surface area contributed by atoms with Gasteiger partial charge in [-0.15, -0.1) is 6.58 Å². The Hall–Kier alpha value is -0.340. The number of hydrogen-bond acceptors (Lipinski definition) is 2. The molecule has 0 saturated heterocycles. The lowest BCUT2D eigenvalue weighted by Gasteiger charge is -2.12. The summed E-state index contributed by atoms with van der Waals surface area (Å²) in [5.74, 6) is 0.867. The first-order valence-corrected chi connectivity index (χ1v) is 4.76. The SMILES string of the molecule is C=CCNCC(C)OCC1CC1. The Bertz CT molecular complexity index is 132. The minimum Gasteiger partial charge on any atom is -0.377 e. The van der Waals surface area contributed by atoms with Gasteiger partial charge in [0.2, 0.25) is 0 Å². The molecule has 0 aliphatic heterocycles. The highest BCUT2D eigenvalue weighted by molar-refractivity contribution is 4.74. The maximum atomic E-state index is 5.62. The lowest BCUT2D eigenvalue weighted by molar-refractivity contribution is 0.0590. The maximum Gasteiger partial charge on any atom is 0.0671 e. The van der Waals surface area contributed by atoms with E-state index in [1.807, 2.05) is 6.08 Å². The van der Waals surface area contributed by atoms with Crippen LogP contribution in [0.2, 0.25) is 0 Å². The van der Waals surface area contributed by atoms with E-state index in [9.17, 15) is 0 Å². The monoisotopic (exact) mass is 169 g/mol. The zero-order valence-corrected chi connectivity index (χ0v) is 7.88. The Morgan fingerprint density at radius 3 is 3.00 bits per heavy atom. The molecule has 0 aromatic rings. The number of rotatable bonds is 7. The van der Waals surface area contributed by atoms with Gasteiger partial charge in [-0.2, -0.15) is 0 Å². The number of ether oxygens (including phenoxy) is 1. The summed E-state index contributed by atoms with van der Waals surface area (Å²) in [6.07, 6.45) is 4.94. The molecule has 2 nitrogen and oxygen atoms in total. The minimum absolute atomic E-state index is 0.338. The normalized spacial score (nSPS) is 19.1. The Labute approximate surface area is 75.0 Å². The zero-order chi connectivity index (χ0) is 8.81. The predicted octanol–water partition coefficient (Wildman–Crippen LogP) is 1.58. The van der Waals surface area contributed by atoms with Gasteiger partial charge in [0, 0.05) is 19.7 Å². The van der Waals surface area contributed by atoms with E-state index in [0.717, 1.165) is 25.6 Å². The van der Waals surface area contributed by atoms with Crippen LogP contribution in [0.15, 0.2) is 12.7 Å². The molecule has 70 valence electrons. The molecular formula is C10H19NO. The van der Waals surface area contributed by atoms with E-state index in [-0.39, 0.29) is 0 Å². The van der Waals surface area contributed by atoms with Gasteiger partial charge < -0.3 is 10.1 Å². The Balaban J connectivity index is 1.87. The molecule has 2 heteroatoms. The van der Waals surface area contributed by atoms with Crippen molar-refractivity contribution < 1.29 is 4.74 Å². The van der Waals surface area contributed by atoms with Gasteiger partial charge in [-0.05, 0) is 25.7 Å². The highest BCUT2D eigenvalue weighted by Gasteiger charge is 2.21. The van der Waals surface area contributed by atoms with Crippen LogP contribution in [-0.4, -0.2) is 25.8 Å². The maximum absolute atomic E-state index is 5.62. The molecule has 1 aliphatic rings. The number of hydrogen-bond donors (Lipinski definition) is 1. The van der Waals surface area contributed by atoms with E-state index >= 15 is 0 Å². The summed E-state index contributed by atoms with van der Waals surface area (Å²) in [7, 11) is 0. The smallest absolute Gasteiger partial charge is 0.0671 e. The van der Waals surface area contributed by atoms with Gasteiger partial charge in [0.1, 0.15) is 0 Å². The summed E-state index contributed by atoms with van der Waals surface area (Å²) < 4.78 is 5.62. The Morgan fingerprint density at radius 1 is 1.67 bits per heavy atom. The molecule has 1 atom stereocenters. The van der Waals surface area contributed by atoms with Crippen LogP contribution < -0.4 is 5.32 Å². The highest BCUT2D eigenvalue weighted by Crippen LogP contribution is 2.29. The molecule has 1 N–H and O–H groups in total. The molecule has 1 aliphatic carbocycles. The third-order valence-corrected chi connectivity index (χ3v) is 2.03. The molecular weight excluding hydrogens is 150 g/mol. The second-order valence-electron chi connectivity index (χ2n) is 3.53. The quantitative estimate of drug-likeness (QED) is 0.461.